The van der Waals surface area contributed by atoms with Gasteiger partial charge in [0.1, 0.15) is 18.0 Å². The summed E-state index contributed by atoms with van der Waals surface area (Å²) in [6, 6.07) is 4.77. The third-order valence-corrected chi connectivity index (χ3v) is 2.32. The summed E-state index contributed by atoms with van der Waals surface area (Å²) in [5.41, 5.74) is -0.241. The molecule has 0 spiro atoms. The van der Waals surface area contributed by atoms with E-state index in [-0.39, 0.29) is 5.75 Å². The molecular weight excluding hydrogens is 262 g/mol. The van der Waals surface area contributed by atoms with Crippen molar-refractivity contribution in [2.75, 3.05) is 6.61 Å². The second-order valence-corrected chi connectivity index (χ2v) is 5.28. The number of aliphatic hydroxyl groups is 1. The fourth-order valence-corrected chi connectivity index (χ4v) is 1.51. The lowest BCUT2D eigenvalue weighted by molar-refractivity contribution is -0.159. The first kappa shape index (κ1) is 16.0. The Labute approximate surface area is 117 Å². The molecule has 0 heterocycles. The molecule has 0 saturated heterocycles. The van der Waals surface area contributed by atoms with Gasteiger partial charge in [-0.25, -0.2) is 4.79 Å². The Morgan fingerprint density at radius 3 is 2.25 bits per heavy atom. The molecule has 0 aliphatic rings. The highest BCUT2D eigenvalue weighted by Gasteiger charge is 2.27. The van der Waals surface area contributed by atoms with E-state index in [0.29, 0.717) is 5.56 Å². The minimum atomic E-state index is -1.03. The van der Waals surface area contributed by atoms with Crippen LogP contribution in [0.5, 0.6) is 5.75 Å². The highest BCUT2D eigenvalue weighted by Crippen LogP contribution is 2.20. The quantitative estimate of drug-likeness (QED) is 0.712. The smallest absolute Gasteiger partial charge is 0.333 e. The Morgan fingerprint density at radius 2 is 1.80 bits per heavy atom. The number of aliphatic hydroxyl groups excluding tert-OH is 1. The highest BCUT2D eigenvalue weighted by molar-refractivity contribution is 5.86. The molecule has 20 heavy (non-hydrogen) atoms. The zero-order valence-corrected chi connectivity index (χ0v) is 11.7. The Bertz CT molecular complexity index is 475. The van der Waals surface area contributed by atoms with Gasteiger partial charge in [0, 0.05) is 0 Å². The number of benzene rings is 1. The minimum Gasteiger partial charge on any atom is -0.508 e. The van der Waals surface area contributed by atoms with Crippen LogP contribution in [0, 0.1) is 0 Å². The first-order valence-electron chi connectivity index (χ1n) is 6.15. The van der Waals surface area contributed by atoms with Crippen LogP contribution in [0.3, 0.4) is 0 Å². The van der Waals surface area contributed by atoms with Gasteiger partial charge in [-0.15, -0.1) is 0 Å². The Balaban J connectivity index is 2.98. The molecule has 6 heteroatoms. The number of nitrogens with one attached hydrogen (secondary N) is 1. The topological polar surface area (TPSA) is 95.9 Å². The van der Waals surface area contributed by atoms with Crippen LogP contribution in [0.2, 0.25) is 0 Å². The summed E-state index contributed by atoms with van der Waals surface area (Å²) in [5, 5.41) is 20.4. The number of rotatable bonds is 4. The second-order valence-electron chi connectivity index (χ2n) is 5.28. The Morgan fingerprint density at radius 1 is 1.25 bits per heavy atom. The number of ether oxygens (including phenoxy) is 1. The van der Waals surface area contributed by atoms with Crippen LogP contribution < -0.4 is 5.32 Å². The maximum Gasteiger partial charge on any atom is 0.333 e. The lowest BCUT2D eigenvalue weighted by Gasteiger charge is -2.24. The van der Waals surface area contributed by atoms with Gasteiger partial charge < -0.3 is 20.3 Å². The van der Waals surface area contributed by atoms with Crippen LogP contribution in [0.1, 0.15) is 32.4 Å². The van der Waals surface area contributed by atoms with Gasteiger partial charge in [-0.3, -0.25) is 4.79 Å². The number of phenols is 1. The molecule has 0 aliphatic carbocycles. The maximum atomic E-state index is 12.1. The van der Waals surface area contributed by atoms with Gasteiger partial charge >= 0.3 is 5.97 Å². The van der Waals surface area contributed by atoms with Crippen molar-refractivity contribution in [3.8, 4) is 5.75 Å². The Hall–Kier alpha value is -2.08. The van der Waals surface area contributed by atoms with Gasteiger partial charge in [0.2, 0.25) is 5.91 Å². The molecule has 0 aliphatic heterocycles. The predicted molar refractivity (Wildman–Crippen MR) is 71.9 cm³/mol. The van der Waals surface area contributed by atoms with E-state index >= 15 is 0 Å². The monoisotopic (exact) mass is 281 g/mol. The first-order valence-corrected chi connectivity index (χ1v) is 6.15. The van der Waals surface area contributed by atoms with Crippen LogP contribution in [0.25, 0.3) is 0 Å². The number of aromatic hydroxyl groups is 1. The molecule has 0 saturated carbocycles. The molecular formula is C14H19NO5. The second kappa shape index (κ2) is 6.38. The summed E-state index contributed by atoms with van der Waals surface area (Å²) in [4.78, 5) is 23.4. The molecule has 0 aromatic heterocycles. The van der Waals surface area contributed by atoms with E-state index in [0.717, 1.165) is 0 Å². The van der Waals surface area contributed by atoms with E-state index in [1.165, 1.54) is 24.3 Å². The lowest BCUT2D eigenvalue weighted by Crippen LogP contribution is -2.39. The van der Waals surface area contributed by atoms with Crippen molar-refractivity contribution in [1.82, 2.24) is 5.32 Å². The summed E-state index contributed by atoms with van der Waals surface area (Å²) < 4.78 is 5.23. The molecule has 0 bridgehead atoms. The standard InChI is InChI=1S/C14H19NO5/c1-14(2,3)20-13(19)12(15-11(18)8-16)9-4-6-10(17)7-5-9/h4-7,12,16-17H,8H2,1-3H3,(H,15,18). The Kier molecular flexibility index (Phi) is 5.10. The van der Waals surface area contributed by atoms with E-state index in [1.807, 2.05) is 0 Å². The van der Waals surface area contributed by atoms with E-state index in [1.54, 1.807) is 20.8 Å². The molecule has 1 aromatic carbocycles. The van der Waals surface area contributed by atoms with Crippen LogP contribution in [0.4, 0.5) is 0 Å². The molecule has 3 N–H and O–H groups in total. The predicted octanol–water partition coefficient (Wildman–Crippen LogP) is 0.883. The van der Waals surface area contributed by atoms with Crippen molar-refractivity contribution >= 4 is 11.9 Å². The van der Waals surface area contributed by atoms with Gasteiger partial charge in [0.25, 0.3) is 0 Å². The summed E-state index contributed by atoms with van der Waals surface area (Å²) in [7, 11) is 0. The first-order chi connectivity index (χ1) is 9.23. The zero-order valence-electron chi connectivity index (χ0n) is 11.7. The van der Waals surface area contributed by atoms with Crippen molar-refractivity contribution < 1.29 is 24.5 Å². The van der Waals surface area contributed by atoms with E-state index < -0.39 is 30.1 Å². The lowest BCUT2D eigenvalue weighted by atomic mass is 10.1. The zero-order chi connectivity index (χ0) is 15.3. The average molecular weight is 281 g/mol. The van der Waals surface area contributed by atoms with Crippen molar-refractivity contribution in [1.29, 1.82) is 0 Å². The molecule has 1 unspecified atom stereocenters. The van der Waals surface area contributed by atoms with Gasteiger partial charge in [0.05, 0.1) is 0 Å². The molecule has 1 aromatic rings. The summed E-state index contributed by atoms with van der Waals surface area (Å²) in [6.45, 7) is 4.42. The normalized spacial score (nSPS) is 12.6. The summed E-state index contributed by atoms with van der Waals surface area (Å²) in [5.74, 6) is -1.27. The number of carbonyl (C=O) groups excluding carboxylic acids is 2. The van der Waals surface area contributed by atoms with E-state index in [4.69, 9.17) is 9.84 Å². The number of hydrogen-bond donors (Lipinski definition) is 3. The third kappa shape index (κ3) is 4.89. The fourth-order valence-electron chi connectivity index (χ4n) is 1.51. The SMILES string of the molecule is CC(C)(C)OC(=O)C(NC(=O)CO)c1ccc(O)cc1. The highest BCUT2D eigenvalue weighted by atomic mass is 16.6. The largest absolute Gasteiger partial charge is 0.508 e. The van der Waals surface area contributed by atoms with Gasteiger partial charge in [0.15, 0.2) is 6.04 Å². The van der Waals surface area contributed by atoms with Crippen LogP contribution in [-0.4, -0.2) is 34.3 Å². The number of phenolic OH excluding ortho intramolecular Hbond substituents is 1. The molecule has 1 amide bonds. The molecule has 1 atom stereocenters. The van der Waals surface area contributed by atoms with Crippen molar-refractivity contribution in [2.24, 2.45) is 0 Å². The summed E-state index contributed by atoms with van der Waals surface area (Å²) >= 11 is 0. The maximum absolute atomic E-state index is 12.1. The van der Waals surface area contributed by atoms with Crippen LogP contribution in [-0.2, 0) is 14.3 Å². The average Bonchev–Trinajstić information content (AvgIpc) is 2.34. The van der Waals surface area contributed by atoms with E-state index in [9.17, 15) is 14.7 Å². The van der Waals surface area contributed by atoms with Gasteiger partial charge in [-0.05, 0) is 38.5 Å². The van der Waals surface area contributed by atoms with Crippen molar-refractivity contribution in [3.05, 3.63) is 29.8 Å². The van der Waals surface area contributed by atoms with Crippen LogP contribution >= 0.6 is 0 Å². The minimum absolute atomic E-state index is 0.0465. The van der Waals surface area contributed by atoms with Crippen molar-refractivity contribution in [3.63, 3.8) is 0 Å². The summed E-state index contributed by atoms with van der Waals surface area (Å²) in [6.07, 6.45) is 0. The third-order valence-electron chi connectivity index (χ3n) is 2.32. The van der Waals surface area contributed by atoms with Crippen LogP contribution in [0.15, 0.2) is 24.3 Å². The van der Waals surface area contributed by atoms with Gasteiger partial charge in [-0.2, -0.15) is 0 Å². The number of amides is 1. The molecule has 1 rings (SSSR count). The molecule has 0 radical (unpaired) electrons. The number of esters is 1. The molecule has 0 fully saturated rings. The number of hydrogen-bond acceptors (Lipinski definition) is 5. The molecule has 110 valence electrons. The fraction of sp³-hybridized carbons (Fsp3) is 0.429. The van der Waals surface area contributed by atoms with Crippen molar-refractivity contribution in [2.45, 2.75) is 32.4 Å². The molecule has 6 nitrogen and oxygen atoms in total. The van der Waals surface area contributed by atoms with E-state index in [2.05, 4.69) is 5.32 Å². The number of carbonyl (C=O) groups is 2. The van der Waals surface area contributed by atoms with Gasteiger partial charge in [-0.1, -0.05) is 12.1 Å².